The number of methoxy groups -OCH3 is 1. The molecule has 2 N–H and O–H groups in total. The zero-order valence-electron chi connectivity index (χ0n) is 10.7. The molecule has 0 saturated heterocycles. The summed E-state index contributed by atoms with van der Waals surface area (Å²) in [5.74, 6) is -0.346. The standard InChI is InChI=1S/C16H15NO2/c1-11(14-4-3-5-15(17)10-14)12-6-8-13(9-7-12)16(18)19-2/h3-10H,1,17H2,2H3. The van der Waals surface area contributed by atoms with Crippen LogP contribution in [0.1, 0.15) is 21.5 Å². The van der Waals surface area contributed by atoms with Gasteiger partial charge in [0.1, 0.15) is 0 Å². The summed E-state index contributed by atoms with van der Waals surface area (Å²) in [5, 5.41) is 0. The van der Waals surface area contributed by atoms with E-state index < -0.39 is 0 Å². The van der Waals surface area contributed by atoms with Crippen molar-refractivity contribution in [1.82, 2.24) is 0 Å². The van der Waals surface area contributed by atoms with Crippen LogP contribution < -0.4 is 5.73 Å². The molecule has 0 unspecified atom stereocenters. The van der Waals surface area contributed by atoms with Gasteiger partial charge in [0.15, 0.2) is 0 Å². The van der Waals surface area contributed by atoms with E-state index in [2.05, 4.69) is 11.3 Å². The van der Waals surface area contributed by atoms with E-state index >= 15 is 0 Å². The van der Waals surface area contributed by atoms with E-state index in [4.69, 9.17) is 5.73 Å². The number of carbonyl (C=O) groups is 1. The van der Waals surface area contributed by atoms with Gasteiger partial charge in [0.2, 0.25) is 0 Å². The van der Waals surface area contributed by atoms with Crippen molar-refractivity contribution in [3.8, 4) is 0 Å². The van der Waals surface area contributed by atoms with Crippen LogP contribution in [-0.4, -0.2) is 13.1 Å². The lowest BCUT2D eigenvalue weighted by Gasteiger charge is -2.08. The molecule has 0 aromatic heterocycles. The quantitative estimate of drug-likeness (QED) is 0.675. The zero-order chi connectivity index (χ0) is 13.8. The van der Waals surface area contributed by atoms with Crippen molar-refractivity contribution < 1.29 is 9.53 Å². The van der Waals surface area contributed by atoms with Crippen molar-refractivity contribution in [2.75, 3.05) is 12.8 Å². The molecule has 2 aromatic carbocycles. The van der Waals surface area contributed by atoms with Crippen molar-refractivity contribution in [2.45, 2.75) is 0 Å². The number of ether oxygens (including phenoxy) is 1. The van der Waals surface area contributed by atoms with Gasteiger partial charge in [-0.15, -0.1) is 0 Å². The van der Waals surface area contributed by atoms with Gasteiger partial charge in [-0.3, -0.25) is 0 Å². The second-order valence-electron chi connectivity index (χ2n) is 4.17. The van der Waals surface area contributed by atoms with Crippen LogP contribution in [-0.2, 0) is 4.74 Å². The summed E-state index contributed by atoms with van der Waals surface area (Å²) in [6, 6.07) is 14.7. The Morgan fingerprint density at radius 1 is 1.05 bits per heavy atom. The van der Waals surface area contributed by atoms with Crippen molar-refractivity contribution in [3.63, 3.8) is 0 Å². The lowest BCUT2D eigenvalue weighted by molar-refractivity contribution is 0.0601. The summed E-state index contributed by atoms with van der Waals surface area (Å²) in [6.45, 7) is 4.06. The maximum absolute atomic E-state index is 11.3. The normalized spacial score (nSPS) is 9.95. The van der Waals surface area contributed by atoms with Gasteiger partial charge in [-0.2, -0.15) is 0 Å². The van der Waals surface area contributed by atoms with E-state index in [0.717, 1.165) is 16.7 Å². The van der Waals surface area contributed by atoms with Crippen molar-refractivity contribution >= 4 is 17.2 Å². The molecular weight excluding hydrogens is 238 g/mol. The second kappa shape index (κ2) is 5.40. The van der Waals surface area contributed by atoms with E-state index in [-0.39, 0.29) is 5.97 Å². The number of benzene rings is 2. The summed E-state index contributed by atoms with van der Waals surface area (Å²) in [4.78, 5) is 11.3. The lowest BCUT2D eigenvalue weighted by atomic mass is 9.98. The smallest absolute Gasteiger partial charge is 0.337 e. The van der Waals surface area contributed by atoms with Crippen LogP contribution >= 0.6 is 0 Å². The molecule has 0 radical (unpaired) electrons. The Kier molecular flexibility index (Phi) is 3.66. The van der Waals surface area contributed by atoms with Gasteiger partial charge in [0.25, 0.3) is 0 Å². The summed E-state index contributed by atoms with van der Waals surface area (Å²) in [6.07, 6.45) is 0. The molecular formula is C16H15NO2. The number of anilines is 1. The van der Waals surface area contributed by atoms with E-state index in [9.17, 15) is 4.79 Å². The first-order valence-corrected chi connectivity index (χ1v) is 5.85. The number of hydrogen-bond acceptors (Lipinski definition) is 3. The number of nitrogens with two attached hydrogens (primary N) is 1. The Morgan fingerprint density at radius 2 is 1.68 bits per heavy atom. The van der Waals surface area contributed by atoms with Crippen molar-refractivity contribution in [1.29, 1.82) is 0 Å². The first-order valence-electron chi connectivity index (χ1n) is 5.85. The molecule has 0 amide bonds. The average Bonchev–Trinajstić information content (AvgIpc) is 2.46. The van der Waals surface area contributed by atoms with E-state index in [1.165, 1.54) is 7.11 Å². The SMILES string of the molecule is C=C(c1ccc(C(=O)OC)cc1)c1cccc(N)c1. The molecule has 0 heterocycles. The predicted molar refractivity (Wildman–Crippen MR) is 76.8 cm³/mol. The highest BCUT2D eigenvalue weighted by molar-refractivity contribution is 5.90. The molecule has 96 valence electrons. The van der Waals surface area contributed by atoms with Gasteiger partial charge < -0.3 is 10.5 Å². The minimum Gasteiger partial charge on any atom is -0.465 e. The minimum atomic E-state index is -0.346. The first kappa shape index (κ1) is 12.9. The molecule has 0 aliphatic carbocycles. The largest absolute Gasteiger partial charge is 0.465 e. The number of rotatable bonds is 3. The van der Waals surface area contributed by atoms with Gasteiger partial charge in [-0.05, 0) is 41.0 Å². The monoisotopic (exact) mass is 253 g/mol. The van der Waals surface area contributed by atoms with Gasteiger partial charge in [0, 0.05) is 5.69 Å². The molecule has 0 aliphatic heterocycles. The average molecular weight is 253 g/mol. The molecule has 2 rings (SSSR count). The predicted octanol–water partition coefficient (Wildman–Crippen LogP) is 3.12. The molecule has 0 bridgehead atoms. The summed E-state index contributed by atoms with van der Waals surface area (Å²) < 4.78 is 4.66. The number of nitrogen functional groups attached to an aromatic ring is 1. The third-order valence-corrected chi connectivity index (χ3v) is 2.89. The summed E-state index contributed by atoms with van der Waals surface area (Å²) in [5.41, 5.74) is 9.74. The fourth-order valence-electron chi connectivity index (χ4n) is 1.82. The van der Waals surface area contributed by atoms with E-state index in [1.54, 1.807) is 12.1 Å². The molecule has 3 nitrogen and oxygen atoms in total. The molecule has 0 fully saturated rings. The first-order chi connectivity index (χ1) is 9.11. The fraction of sp³-hybridized carbons (Fsp3) is 0.0625. The van der Waals surface area contributed by atoms with Crippen LogP contribution in [0.5, 0.6) is 0 Å². The Labute approximate surface area is 112 Å². The van der Waals surface area contributed by atoms with Crippen LogP contribution in [0.4, 0.5) is 5.69 Å². The number of esters is 1. The van der Waals surface area contributed by atoms with Crippen LogP contribution in [0.2, 0.25) is 0 Å². The van der Waals surface area contributed by atoms with Crippen LogP contribution in [0.25, 0.3) is 5.57 Å². The number of carbonyl (C=O) groups excluding carboxylic acids is 1. The minimum absolute atomic E-state index is 0.346. The Bertz CT molecular complexity index is 615. The summed E-state index contributed by atoms with van der Waals surface area (Å²) in [7, 11) is 1.36. The lowest BCUT2D eigenvalue weighted by Crippen LogP contribution is -2.00. The Morgan fingerprint density at radius 3 is 2.26 bits per heavy atom. The second-order valence-corrected chi connectivity index (χ2v) is 4.17. The topological polar surface area (TPSA) is 52.3 Å². The van der Waals surface area contributed by atoms with Crippen molar-refractivity contribution in [2.24, 2.45) is 0 Å². The fourth-order valence-corrected chi connectivity index (χ4v) is 1.82. The van der Waals surface area contributed by atoms with Gasteiger partial charge in [0.05, 0.1) is 12.7 Å². The third kappa shape index (κ3) is 2.83. The highest BCUT2D eigenvalue weighted by Gasteiger charge is 2.07. The highest BCUT2D eigenvalue weighted by atomic mass is 16.5. The maximum atomic E-state index is 11.3. The van der Waals surface area contributed by atoms with Crippen LogP contribution in [0, 0.1) is 0 Å². The van der Waals surface area contributed by atoms with E-state index in [1.807, 2.05) is 36.4 Å². The van der Waals surface area contributed by atoms with Gasteiger partial charge in [-0.25, -0.2) is 4.79 Å². The molecule has 0 aliphatic rings. The molecule has 0 saturated carbocycles. The van der Waals surface area contributed by atoms with Crippen LogP contribution in [0.3, 0.4) is 0 Å². The van der Waals surface area contributed by atoms with Gasteiger partial charge >= 0.3 is 5.97 Å². The Balaban J connectivity index is 2.27. The highest BCUT2D eigenvalue weighted by Crippen LogP contribution is 2.23. The zero-order valence-corrected chi connectivity index (χ0v) is 10.7. The molecule has 19 heavy (non-hydrogen) atoms. The van der Waals surface area contributed by atoms with Crippen LogP contribution in [0.15, 0.2) is 55.1 Å². The van der Waals surface area contributed by atoms with Crippen molar-refractivity contribution in [3.05, 3.63) is 71.8 Å². The molecule has 0 spiro atoms. The van der Waals surface area contributed by atoms with Gasteiger partial charge in [-0.1, -0.05) is 30.8 Å². The molecule has 3 heteroatoms. The molecule has 0 atom stereocenters. The number of hydrogen-bond donors (Lipinski definition) is 1. The summed E-state index contributed by atoms with van der Waals surface area (Å²) >= 11 is 0. The van der Waals surface area contributed by atoms with E-state index in [0.29, 0.717) is 11.3 Å². The third-order valence-electron chi connectivity index (χ3n) is 2.89. The Hall–Kier alpha value is -2.55. The maximum Gasteiger partial charge on any atom is 0.337 e. The molecule has 2 aromatic rings.